The topological polar surface area (TPSA) is 38.2 Å². The molecule has 0 saturated carbocycles. The zero-order valence-corrected chi connectivity index (χ0v) is 11.0. The van der Waals surface area contributed by atoms with Crippen molar-refractivity contribution in [2.45, 2.75) is 26.0 Å². The SMILES string of the molecule is CC1CN(c2ncc(I)cn2)C(C)CO1. The third-order valence-corrected chi connectivity index (χ3v) is 3.03. The largest absolute Gasteiger partial charge is 0.375 e. The van der Waals surface area contributed by atoms with Crippen LogP contribution < -0.4 is 4.90 Å². The van der Waals surface area contributed by atoms with Gasteiger partial charge < -0.3 is 9.64 Å². The number of anilines is 1. The minimum Gasteiger partial charge on any atom is -0.375 e. The molecule has 0 spiro atoms. The van der Waals surface area contributed by atoms with Crippen LogP contribution in [0.1, 0.15) is 13.8 Å². The van der Waals surface area contributed by atoms with Crippen molar-refractivity contribution in [2.24, 2.45) is 0 Å². The molecule has 2 heterocycles. The van der Waals surface area contributed by atoms with E-state index in [-0.39, 0.29) is 6.10 Å². The van der Waals surface area contributed by atoms with E-state index in [4.69, 9.17) is 4.74 Å². The second-order valence-corrected chi connectivity index (χ2v) is 5.09. The average molecular weight is 319 g/mol. The van der Waals surface area contributed by atoms with Gasteiger partial charge in [0.15, 0.2) is 0 Å². The van der Waals surface area contributed by atoms with E-state index in [1.165, 1.54) is 0 Å². The molecule has 82 valence electrons. The Bertz CT molecular complexity index is 330. The average Bonchev–Trinajstić information content (AvgIpc) is 2.23. The molecule has 15 heavy (non-hydrogen) atoms. The summed E-state index contributed by atoms with van der Waals surface area (Å²) in [6.07, 6.45) is 3.94. The lowest BCUT2D eigenvalue weighted by Gasteiger charge is -2.36. The summed E-state index contributed by atoms with van der Waals surface area (Å²) in [7, 11) is 0. The summed E-state index contributed by atoms with van der Waals surface area (Å²) in [5, 5.41) is 0. The normalized spacial score (nSPS) is 26.7. The molecular weight excluding hydrogens is 305 g/mol. The second-order valence-electron chi connectivity index (χ2n) is 3.85. The fourth-order valence-electron chi connectivity index (χ4n) is 1.64. The molecule has 5 heteroatoms. The molecule has 2 atom stereocenters. The van der Waals surface area contributed by atoms with Crippen molar-refractivity contribution in [1.82, 2.24) is 9.97 Å². The van der Waals surface area contributed by atoms with Gasteiger partial charge in [-0.05, 0) is 36.4 Å². The molecular formula is C10H14IN3O. The van der Waals surface area contributed by atoms with Crippen LogP contribution in [-0.2, 0) is 4.74 Å². The van der Waals surface area contributed by atoms with Gasteiger partial charge in [-0.3, -0.25) is 0 Å². The molecule has 0 aromatic carbocycles. The van der Waals surface area contributed by atoms with E-state index in [2.05, 4.69) is 51.3 Å². The van der Waals surface area contributed by atoms with Crippen molar-refractivity contribution >= 4 is 28.5 Å². The summed E-state index contributed by atoms with van der Waals surface area (Å²) in [5.74, 6) is 0.804. The lowest BCUT2D eigenvalue weighted by atomic mass is 10.2. The molecule has 0 bridgehead atoms. The third-order valence-electron chi connectivity index (χ3n) is 2.47. The van der Waals surface area contributed by atoms with E-state index in [9.17, 15) is 0 Å². The Morgan fingerprint density at radius 2 is 2.07 bits per heavy atom. The van der Waals surface area contributed by atoms with Crippen LogP contribution in [0.3, 0.4) is 0 Å². The molecule has 2 unspecified atom stereocenters. The van der Waals surface area contributed by atoms with E-state index in [1.807, 2.05) is 12.4 Å². The van der Waals surface area contributed by atoms with E-state index in [1.54, 1.807) is 0 Å². The first kappa shape index (κ1) is 11.1. The fraction of sp³-hybridized carbons (Fsp3) is 0.600. The van der Waals surface area contributed by atoms with Gasteiger partial charge in [0.25, 0.3) is 0 Å². The fourth-order valence-corrected chi connectivity index (χ4v) is 1.91. The summed E-state index contributed by atoms with van der Waals surface area (Å²) >= 11 is 2.21. The molecule has 1 aliphatic rings. The van der Waals surface area contributed by atoms with E-state index < -0.39 is 0 Å². The summed E-state index contributed by atoms with van der Waals surface area (Å²) in [4.78, 5) is 10.9. The van der Waals surface area contributed by atoms with Gasteiger partial charge in [0.05, 0.1) is 18.8 Å². The molecule has 1 aromatic rings. The highest BCUT2D eigenvalue weighted by atomic mass is 127. The first-order valence-corrected chi connectivity index (χ1v) is 6.10. The van der Waals surface area contributed by atoms with E-state index >= 15 is 0 Å². The molecule has 0 radical (unpaired) electrons. The van der Waals surface area contributed by atoms with Crippen molar-refractivity contribution in [2.75, 3.05) is 18.1 Å². The van der Waals surface area contributed by atoms with Crippen LogP contribution in [0, 0.1) is 3.57 Å². The maximum atomic E-state index is 5.57. The van der Waals surface area contributed by atoms with Gasteiger partial charge in [-0.15, -0.1) is 0 Å². The van der Waals surface area contributed by atoms with Gasteiger partial charge in [0.1, 0.15) is 0 Å². The Morgan fingerprint density at radius 3 is 2.73 bits per heavy atom. The molecule has 4 nitrogen and oxygen atoms in total. The minimum absolute atomic E-state index is 0.254. The zero-order chi connectivity index (χ0) is 10.8. The minimum atomic E-state index is 0.254. The number of halogens is 1. The maximum Gasteiger partial charge on any atom is 0.225 e. The molecule has 1 aliphatic heterocycles. The van der Waals surface area contributed by atoms with Gasteiger partial charge in [-0.2, -0.15) is 0 Å². The van der Waals surface area contributed by atoms with Crippen molar-refractivity contribution in [3.05, 3.63) is 16.0 Å². The van der Waals surface area contributed by atoms with Gasteiger partial charge in [-0.25, -0.2) is 9.97 Å². The Morgan fingerprint density at radius 1 is 1.40 bits per heavy atom. The highest BCUT2D eigenvalue weighted by Crippen LogP contribution is 2.17. The first-order chi connectivity index (χ1) is 7.16. The van der Waals surface area contributed by atoms with Crippen LogP contribution in [-0.4, -0.2) is 35.3 Å². The summed E-state index contributed by atoms with van der Waals surface area (Å²) in [6.45, 7) is 5.82. The van der Waals surface area contributed by atoms with Crippen molar-refractivity contribution < 1.29 is 4.74 Å². The number of rotatable bonds is 1. The summed E-state index contributed by atoms with van der Waals surface area (Å²) in [6, 6.07) is 0.348. The number of morpholine rings is 1. The molecule has 1 fully saturated rings. The van der Waals surface area contributed by atoms with Crippen LogP contribution >= 0.6 is 22.6 Å². The van der Waals surface area contributed by atoms with E-state index in [0.29, 0.717) is 6.04 Å². The number of nitrogens with zero attached hydrogens (tertiary/aromatic N) is 3. The molecule has 2 rings (SSSR count). The van der Waals surface area contributed by atoms with Crippen molar-refractivity contribution in [3.63, 3.8) is 0 Å². The van der Waals surface area contributed by atoms with Crippen molar-refractivity contribution in [3.8, 4) is 0 Å². The van der Waals surface area contributed by atoms with Gasteiger partial charge in [0.2, 0.25) is 5.95 Å². The highest BCUT2D eigenvalue weighted by Gasteiger charge is 2.25. The monoisotopic (exact) mass is 319 g/mol. The predicted octanol–water partition coefficient (Wildman–Crippen LogP) is 1.69. The Hall–Kier alpha value is -0.430. The number of hydrogen-bond donors (Lipinski definition) is 0. The summed E-state index contributed by atoms with van der Waals surface area (Å²) in [5.41, 5.74) is 0. The van der Waals surface area contributed by atoms with Gasteiger partial charge in [-0.1, -0.05) is 0 Å². The van der Waals surface area contributed by atoms with E-state index in [0.717, 1.165) is 22.7 Å². The van der Waals surface area contributed by atoms with Gasteiger partial charge >= 0.3 is 0 Å². The number of hydrogen-bond acceptors (Lipinski definition) is 4. The third kappa shape index (κ3) is 2.57. The van der Waals surface area contributed by atoms with Crippen LogP contribution in [0.25, 0.3) is 0 Å². The highest BCUT2D eigenvalue weighted by molar-refractivity contribution is 14.1. The smallest absolute Gasteiger partial charge is 0.225 e. The quantitative estimate of drug-likeness (QED) is 0.739. The Labute approximate surface area is 103 Å². The van der Waals surface area contributed by atoms with Crippen LogP contribution in [0.5, 0.6) is 0 Å². The van der Waals surface area contributed by atoms with Crippen LogP contribution in [0.15, 0.2) is 12.4 Å². The lowest BCUT2D eigenvalue weighted by molar-refractivity contribution is 0.0337. The number of aromatic nitrogens is 2. The van der Waals surface area contributed by atoms with Crippen molar-refractivity contribution in [1.29, 1.82) is 0 Å². The zero-order valence-electron chi connectivity index (χ0n) is 8.85. The first-order valence-electron chi connectivity index (χ1n) is 5.02. The van der Waals surface area contributed by atoms with Crippen LogP contribution in [0.4, 0.5) is 5.95 Å². The summed E-state index contributed by atoms with van der Waals surface area (Å²) < 4.78 is 6.63. The predicted molar refractivity (Wildman–Crippen MR) is 67.0 cm³/mol. The molecule has 1 aromatic heterocycles. The molecule has 1 saturated heterocycles. The van der Waals surface area contributed by atoms with Gasteiger partial charge in [0, 0.05) is 22.5 Å². The maximum absolute atomic E-state index is 5.57. The standard InChI is InChI=1S/C10H14IN3O/c1-7-6-15-8(2)5-14(7)10-12-3-9(11)4-13-10/h3-4,7-8H,5-6H2,1-2H3. The second kappa shape index (κ2) is 4.61. The molecule has 0 N–H and O–H groups in total. The van der Waals surface area contributed by atoms with Crippen LogP contribution in [0.2, 0.25) is 0 Å². The Kier molecular flexibility index (Phi) is 3.40. The molecule has 0 aliphatic carbocycles. The molecule has 0 amide bonds. The lowest BCUT2D eigenvalue weighted by Crippen LogP contribution is -2.48. The Balaban J connectivity index is 2.17. The number of ether oxygens (including phenoxy) is 1.